The van der Waals surface area contributed by atoms with Crippen LogP contribution in [0.3, 0.4) is 0 Å². The molecule has 1 aromatic heterocycles. The Hall–Kier alpha value is -2.62. The number of nitro groups is 1. The second-order valence-electron chi connectivity index (χ2n) is 4.13. The van der Waals surface area contributed by atoms with Crippen LogP contribution in [0.15, 0.2) is 33.9 Å². The number of anilines is 2. The third-order valence-electron chi connectivity index (χ3n) is 2.73. The molecule has 1 aromatic carbocycles. The smallest absolute Gasteiger partial charge is 0.293 e. The standard InChI is InChI=1S/C11H12N4O5S/c1-7-5-8(12-2)9(15(16)17)6-10(7)21(18,19)14-11-3-4-20-13-11/h3-6,12H,1-2H3,(H,13,14). The van der Waals surface area contributed by atoms with Crippen molar-refractivity contribution in [1.29, 1.82) is 0 Å². The van der Waals surface area contributed by atoms with Crippen molar-refractivity contribution < 1.29 is 17.9 Å². The van der Waals surface area contributed by atoms with Gasteiger partial charge in [-0.3, -0.25) is 14.8 Å². The average molecular weight is 312 g/mol. The van der Waals surface area contributed by atoms with Gasteiger partial charge in [0.1, 0.15) is 12.0 Å². The van der Waals surface area contributed by atoms with E-state index < -0.39 is 14.9 Å². The van der Waals surface area contributed by atoms with Gasteiger partial charge in [0, 0.05) is 19.2 Å². The molecule has 0 bridgehead atoms. The van der Waals surface area contributed by atoms with Crippen LogP contribution < -0.4 is 10.0 Å². The van der Waals surface area contributed by atoms with Gasteiger partial charge >= 0.3 is 0 Å². The number of benzene rings is 1. The predicted octanol–water partition coefficient (Wildman–Crippen LogP) is 1.73. The molecular formula is C11H12N4O5S. The highest BCUT2D eigenvalue weighted by Gasteiger charge is 2.24. The zero-order valence-corrected chi connectivity index (χ0v) is 12.0. The number of aromatic nitrogens is 1. The van der Waals surface area contributed by atoms with Gasteiger partial charge in [0.05, 0.1) is 9.82 Å². The highest BCUT2D eigenvalue weighted by molar-refractivity contribution is 7.92. The number of nitrogens with zero attached hydrogens (tertiary/aromatic N) is 2. The van der Waals surface area contributed by atoms with Gasteiger partial charge in [-0.15, -0.1) is 0 Å². The molecule has 0 spiro atoms. The summed E-state index contributed by atoms with van der Waals surface area (Å²) in [7, 11) is -2.48. The third-order valence-corrected chi connectivity index (χ3v) is 4.22. The van der Waals surface area contributed by atoms with Crippen LogP contribution in [0.1, 0.15) is 5.56 Å². The number of nitro benzene ring substituents is 1. The van der Waals surface area contributed by atoms with E-state index in [-0.39, 0.29) is 22.1 Å². The maximum absolute atomic E-state index is 12.3. The zero-order valence-electron chi connectivity index (χ0n) is 11.2. The van der Waals surface area contributed by atoms with Crippen molar-refractivity contribution in [3.63, 3.8) is 0 Å². The summed E-state index contributed by atoms with van der Waals surface area (Å²) in [6.45, 7) is 1.54. The molecule has 2 rings (SSSR count). The monoisotopic (exact) mass is 312 g/mol. The summed E-state index contributed by atoms with van der Waals surface area (Å²) in [6.07, 6.45) is 1.21. The molecule has 10 heteroatoms. The quantitative estimate of drug-likeness (QED) is 0.635. The molecular weight excluding hydrogens is 300 g/mol. The Morgan fingerprint density at radius 3 is 2.62 bits per heavy atom. The Morgan fingerprint density at radius 1 is 1.38 bits per heavy atom. The van der Waals surface area contributed by atoms with Gasteiger partial charge in [0.25, 0.3) is 15.7 Å². The Balaban J connectivity index is 2.52. The van der Waals surface area contributed by atoms with Gasteiger partial charge in [-0.05, 0) is 18.6 Å². The summed E-state index contributed by atoms with van der Waals surface area (Å²) in [5.41, 5.74) is 0.266. The number of aryl methyl sites for hydroxylation is 1. The normalized spacial score (nSPS) is 11.1. The number of sulfonamides is 1. The molecule has 2 N–H and O–H groups in total. The second-order valence-corrected chi connectivity index (χ2v) is 5.78. The largest absolute Gasteiger partial charge is 0.383 e. The van der Waals surface area contributed by atoms with Gasteiger partial charge in [-0.1, -0.05) is 5.16 Å². The van der Waals surface area contributed by atoms with Crippen LogP contribution in [-0.4, -0.2) is 25.5 Å². The van der Waals surface area contributed by atoms with Crippen molar-refractivity contribution in [2.75, 3.05) is 17.1 Å². The van der Waals surface area contributed by atoms with Crippen LogP contribution in [0, 0.1) is 17.0 Å². The van der Waals surface area contributed by atoms with Gasteiger partial charge in [0.2, 0.25) is 0 Å². The molecule has 0 aliphatic carbocycles. The van der Waals surface area contributed by atoms with Crippen LogP contribution >= 0.6 is 0 Å². The van der Waals surface area contributed by atoms with Crippen LogP contribution in [0.5, 0.6) is 0 Å². The van der Waals surface area contributed by atoms with E-state index >= 15 is 0 Å². The van der Waals surface area contributed by atoms with Gasteiger partial charge in [-0.2, -0.15) is 0 Å². The summed E-state index contributed by atoms with van der Waals surface area (Å²) in [5, 5.41) is 17.1. The van der Waals surface area contributed by atoms with Crippen LogP contribution in [0.2, 0.25) is 0 Å². The van der Waals surface area contributed by atoms with E-state index in [0.717, 1.165) is 6.07 Å². The summed E-state index contributed by atoms with van der Waals surface area (Å²) in [5.74, 6) is -0.00486. The molecule has 0 aliphatic rings. The van der Waals surface area contributed by atoms with Crippen molar-refractivity contribution in [1.82, 2.24) is 5.16 Å². The van der Waals surface area contributed by atoms with E-state index in [0.29, 0.717) is 5.56 Å². The van der Waals surface area contributed by atoms with Crippen molar-refractivity contribution >= 4 is 27.2 Å². The van der Waals surface area contributed by atoms with E-state index in [2.05, 4.69) is 19.7 Å². The van der Waals surface area contributed by atoms with Crippen LogP contribution in [0.25, 0.3) is 0 Å². The minimum absolute atomic E-state index is 0.00486. The first-order chi connectivity index (χ1) is 9.85. The molecule has 0 unspecified atom stereocenters. The van der Waals surface area contributed by atoms with Crippen molar-refractivity contribution in [3.05, 3.63) is 40.1 Å². The minimum atomic E-state index is -4.00. The Bertz CT molecular complexity index is 770. The van der Waals surface area contributed by atoms with E-state index in [1.165, 1.54) is 25.4 Å². The predicted molar refractivity (Wildman–Crippen MR) is 74.7 cm³/mol. The second kappa shape index (κ2) is 5.40. The van der Waals surface area contributed by atoms with Gasteiger partial charge in [-0.25, -0.2) is 8.42 Å². The highest BCUT2D eigenvalue weighted by atomic mass is 32.2. The van der Waals surface area contributed by atoms with E-state index in [4.69, 9.17) is 0 Å². The molecule has 0 saturated heterocycles. The fourth-order valence-electron chi connectivity index (χ4n) is 1.78. The lowest BCUT2D eigenvalue weighted by Crippen LogP contribution is -2.15. The third kappa shape index (κ3) is 2.94. The SMILES string of the molecule is CNc1cc(C)c(S(=O)(=O)Nc2ccon2)cc1[N+](=O)[O-]. The van der Waals surface area contributed by atoms with E-state index in [1.54, 1.807) is 6.92 Å². The minimum Gasteiger partial charge on any atom is -0.383 e. The van der Waals surface area contributed by atoms with Crippen molar-refractivity contribution in [3.8, 4) is 0 Å². The van der Waals surface area contributed by atoms with E-state index in [1.807, 2.05) is 0 Å². The lowest BCUT2D eigenvalue weighted by Gasteiger charge is -2.10. The topological polar surface area (TPSA) is 127 Å². The molecule has 21 heavy (non-hydrogen) atoms. The van der Waals surface area contributed by atoms with Crippen molar-refractivity contribution in [2.24, 2.45) is 0 Å². The Labute approximate surface area is 120 Å². The molecule has 0 fully saturated rings. The fraction of sp³-hybridized carbons (Fsp3) is 0.182. The fourth-order valence-corrected chi connectivity index (χ4v) is 3.02. The first-order valence-electron chi connectivity index (χ1n) is 5.75. The maximum atomic E-state index is 12.3. The van der Waals surface area contributed by atoms with Gasteiger partial charge in [0.15, 0.2) is 5.82 Å². The molecule has 112 valence electrons. The molecule has 0 amide bonds. The van der Waals surface area contributed by atoms with Crippen LogP contribution in [-0.2, 0) is 10.0 Å². The molecule has 0 saturated carbocycles. The number of hydrogen-bond donors (Lipinski definition) is 2. The Kier molecular flexibility index (Phi) is 3.80. The first-order valence-corrected chi connectivity index (χ1v) is 7.23. The molecule has 9 nitrogen and oxygen atoms in total. The highest BCUT2D eigenvalue weighted by Crippen LogP contribution is 2.30. The first kappa shape index (κ1) is 14.8. The maximum Gasteiger partial charge on any atom is 0.293 e. The lowest BCUT2D eigenvalue weighted by molar-refractivity contribution is -0.384. The molecule has 2 aromatic rings. The number of nitrogens with one attached hydrogen (secondary N) is 2. The number of rotatable bonds is 5. The summed E-state index contributed by atoms with van der Waals surface area (Å²) in [4.78, 5) is 10.2. The molecule has 0 aliphatic heterocycles. The van der Waals surface area contributed by atoms with Crippen molar-refractivity contribution in [2.45, 2.75) is 11.8 Å². The number of hydrogen-bond acceptors (Lipinski definition) is 7. The van der Waals surface area contributed by atoms with Gasteiger partial charge < -0.3 is 9.84 Å². The molecule has 1 heterocycles. The van der Waals surface area contributed by atoms with E-state index in [9.17, 15) is 18.5 Å². The Morgan fingerprint density at radius 2 is 2.10 bits per heavy atom. The molecule has 0 atom stereocenters. The zero-order chi connectivity index (χ0) is 15.6. The van der Waals surface area contributed by atoms with Crippen LogP contribution in [0.4, 0.5) is 17.2 Å². The summed E-state index contributed by atoms with van der Waals surface area (Å²) >= 11 is 0. The summed E-state index contributed by atoms with van der Waals surface area (Å²) < 4.78 is 31.2. The summed E-state index contributed by atoms with van der Waals surface area (Å²) in [6, 6.07) is 3.72. The average Bonchev–Trinajstić information content (AvgIpc) is 2.89. The molecule has 0 radical (unpaired) electrons. The lowest BCUT2D eigenvalue weighted by atomic mass is 10.2.